The van der Waals surface area contributed by atoms with Crippen molar-refractivity contribution in [2.24, 2.45) is 0 Å². The summed E-state index contributed by atoms with van der Waals surface area (Å²) in [4.78, 5) is 12.3. The SMILES string of the molecule is C=CCOP(=O)(OCC=C)Oc1ccc(/C=C(\C)C(=O)Nc2ccccc2)cc1. The van der Waals surface area contributed by atoms with E-state index in [1.54, 1.807) is 37.3 Å². The molecule has 2 rings (SSSR count). The topological polar surface area (TPSA) is 73.9 Å². The average Bonchev–Trinajstić information content (AvgIpc) is 2.73. The molecule has 1 amide bonds. The number of hydrogen-bond donors (Lipinski definition) is 1. The molecule has 0 saturated carbocycles. The Morgan fingerprint density at radius 1 is 1.00 bits per heavy atom. The number of carbonyl (C=O) groups is 1. The van der Waals surface area contributed by atoms with Crippen molar-refractivity contribution in [1.29, 1.82) is 0 Å². The Morgan fingerprint density at radius 3 is 2.14 bits per heavy atom. The smallest absolute Gasteiger partial charge is 0.404 e. The van der Waals surface area contributed by atoms with Crippen LogP contribution in [-0.2, 0) is 18.4 Å². The van der Waals surface area contributed by atoms with Crippen molar-refractivity contribution in [2.45, 2.75) is 6.92 Å². The lowest BCUT2D eigenvalue weighted by Crippen LogP contribution is -2.12. The lowest BCUT2D eigenvalue weighted by molar-refractivity contribution is -0.112. The normalized spacial score (nSPS) is 11.6. The first-order chi connectivity index (χ1) is 14.0. The van der Waals surface area contributed by atoms with Gasteiger partial charge in [-0.25, -0.2) is 4.57 Å². The zero-order valence-corrected chi connectivity index (χ0v) is 17.1. The Bertz CT molecular complexity index is 891. The highest BCUT2D eigenvalue weighted by molar-refractivity contribution is 7.48. The van der Waals surface area contributed by atoms with Crippen molar-refractivity contribution in [3.05, 3.63) is 91.0 Å². The van der Waals surface area contributed by atoms with Crippen LogP contribution in [0.2, 0.25) is 0 Å². The number of phosphoric ester groups is 1. The van der Waals surface area contributed by atoms with Gasteiger partial charge in [-0.15, -0.1) is 13.2 Å². The predicted molar refractivity (Wildman–Crippen MR) is 116 cm³/mol. The second-order valence-electron chi connectivity index (χ2n) is 5.92. The number of phosphoric acid groups is 1. The quantitative estimate of drug-likeness (QED) is 0.294. The van der Waals surface area contributed by atoms with Crippen molar-refractivity contribution in [1.82, 2.24) is 0 Å². The van der Waals surface area contributed by atoms with Crippen LogP contribution >= 0.6 is 7.82 Å². The van der Waals surface area contributed by atoms with E-state index >= 15 is 0 Å². The summed E-state index contributed by atoms with van der Waals surface area (Å²) >= 11 is 0. The highest BCUT2D eigenvalue weighted by atomic mass is 31.2. The Kier molecular flexibility index (Phi) is 8.62. The van der Waals surface area contributed by atoms with Crippen LogP contribution in [0.4, 0.5) is 5.69 Å². The number of hydrogen-bond acceptors (Lipinski definition) is 5. The molecular formula is C22H24NO5P. The fourth-order valence-electron chi connectivity index (χ4n) is 2.20. The Morgan fingerprint density at radius 2 is 1.59 bits per heavy atom. The van der Waals surface area contributed by atoms with Crippen LogP contribution in [0.1, 0.15) is 12.5 Å². The van der Waals surface area contributed by atoms with Crippen LogP contribution in [0.15, 0.2) is 85.5 Å². The molecule has 0 aliphatic carbocycles. The number of para-hydroxylation sites is 1. The summed E-state index contributed by atoms with van der Waals surface area (Å²) in [6.45, 7) is 8.79. The first-order valence-electron chi connectivity index (χ1n) is 8.91. The van der Waals surface area contributed by atoms with E-state index in [1.165, 1.54) is 12.2 Å². The molecule has 0 heterocycles. The molecule has 0 unspecified atom stereocenters. The molecule has 0 atom stereocenters. The maximum absolute atomic E-state index is 12.6. The second kappa shape index (κ2) is 11.2. The fraction of sp³-hybridized carbons (Fsp3) is 0.136. The van der Waals surface area contributed by atoms with E-state index in [0.717, 1.165) is 11.3 Å². The maximum Gasteiger partial charge on any atom is 0.530 e. The molecule has 7 heteroatoms. The van der Waals surface area contributed by atoms with Gasteiger partial charge in [0, 0.05) is 11.3 Å². The minimum absolute atomic E-state index is 0.0188. The van der Waals surface area contributed by atoms with Crippen LogP contribution in [0, 0.1) is 0 Å². The first kappa shape index (κ1) is 22.4. The Balaban J connectivity index is 2.05. The molecule has 0 bridgehead atoms. The molecule has 0 aromatic heterocycles. The van der Waals surface area contributed by atoms with E-state index < -0.39 is 7.82 Å². The molecule has 0 radical (unpaired) electrons. The lowest BCUT2D eigenvalue weighted by atomic mass is 10.1. The second-order valence-corrected chi connectivity index (χ2v) is 7.52. The summed E-state index contributed by atoms with van der Waals surface area (Å²) in [6, 6.07) is 15.9. The molecule has 6 nitrogen and oxygen atoms in total. The molecule has 0 saturated heterocycles. The fourth-order valence-corrected chi connectivity index (χ4v) is 3.33. The van der Waals surface area contributed by atoms with Gasteiger partial charge in [0.15, 0.2) is 0 Å². The third-order valence-electron chi connectivity index (χ3n) is 3.57. The van der Waals surface area contributed by atoms with Crippen LogP contribution in [-0.4, -0.2) is 19.1 Å². The number of carbonyl (C=O) groups excluding carboxylic acids is 1. The summed E-state index contributed by atoms with van der Waals surface area (Å²) in [5, 5.41) is 2.83. The van der Waals surface area contributed by atoms with Gasteiger partial charge in [-0.1, -0.05) is 42.5 Å². The van der Waals surface area contributed by atoms with Crippen molar-refractivity contribution in [3.8, 4) is 5.75 Å². The zero-order valence-electron chi connectivity index (χ0n) is 16.2. The molecule has 29 heavy (non-hydrogen) atoms. The summed E-state index contributed by atoms with van der Waals surface area (Å²) in [5.41, 5.74) is 2.05. The van der Waals surface area contributed by atoms with Gasteiger partial charge in [0.25, 0.3) is 5.91 Å². The van der Waals surface area contributed by atoms with Crippen molar-refractivity contribution >= 4 is 25.5 Å². The van der Waals surface area contributed by atoms with Gasteiger partial charge in [0.1, 0.15) is 5.75 Å². The summed E-state index contributed by atoms with van der Waals surface area (Å²) in [5.74, 6) is 0.113. The van der Waals surface area contributed by atoms with Crippen LogP contribution < -0.4 is 9.84 Å². The number of amides is 1. The van der Waals surface area contributed by atoms with Crippen molar-refractivity contribution in [3.63, 3.8) is 0 Å². The Hall–Kier alpha value is -2.92. The highest BCUT2D eigenvalue weighted by Gasteiger charge is 2.27. The van der Waals surface area contributed by atoms with Gasteiger partial charge in [-0.2, -0.15) is 0 Å². The van der Waals surface area contributed by atoms with Gasteiger partial charge in [0.2, 0.25) is 0 Å². The number of anilines is 1. The van der Waals surface area contributed by atoms with Gasteiger partial charge in [-0.05, 0) is 42.8 Å². The van der Waals surface area contributed by atoms with E-state index in [4.69, 9.17) is 13.6 Å². The summed E-state index contributed by atoms with van der Waals surface area (Å²) in [6.07, 6.45) is 4.64. The lowest BCUT2D eigenvalue weighted by Gasteiger charge is -2.17. The molecule has 0 aliphatic heterocycles. The van der Waals surface area contributed by atoms with E-state index in [9.17, 15) is 9.36 Å². The minimum Gasteiger partial charge on any atom is -0.404 e. The number of benzene rings is 2. The van der Waals surface area contributed by atoms with Gasteiger partial charge < -0.3 is 9.84 Å². The highest BCUT2D eigenvalue weighted by Crippen LogP contribution is 2.49. The third kappa shape index (κ3) is 7.54. The molecule has 2 aromatic carbocycles. The largest absolute Gasteiger partial charge is 0.530 e. The van der Waals surface area contributed by atoms with Crippen molar-refractivity contribution < 1.29 is 22.9 Å². The molecule has 0 aliphatic rings. The summed E-state index contributed by atoms with van der Waals surface area (Å²) in [7, 11) is -3.79. The van der Waals surface area contributed by atoms with Gasteiger partial charge >= 0.3 is 7.82 Å². The predicted octanol–water partition coefficient (Wildman–Crippen LogP) is 5.62. The average molecular weight is 413 g/mol. The number of nitrogens with one attached hydrogen (secondary N) is 1. The molecule has 0 spiro atoms. The summed E-state index contributed by atoms with van der Waals surface area (Å²) < 4.78 is 28.3. The molecular weight excluding hydrogens is 389 g/mol. The molecule has 1 N–H and O–H groups in total. The molecule has 2 aromatic rings. The van der Waals surface area contributed by atoms with E-state index in [-0.39, 0.29) is 19.1 Å². The van der Waals surface area contributed by atoms with E-state index in [0.29, 0.717) is 11.3 Å². The maximum atomic E-state index is 12.6. The number of rotatable bonds is 11. The van der Waals surface area contributed by atoms with Crippen LogP contribution in [0.3, 0.4) is 0 Å². The monoisotopic (exact) mass is 413 g/mol. The van der Waals surface area contributed by atoms with E-state index in [2.05, 4.69) is 18.5 Å². The molecule has 0 fully saturated rings. The van der Waals surface area contributed by atoms with Crippen molar-refractivity contribution in [2.75, 3.05) is 18.5 Å². The van der Waals surface area contributed by atoms with Crippen LogP contribution in [0.25, 0.3) is 6.08 Å². The third-order valence-corrected chi connectivity index (χ3v) is 4.94. The first-order valence-corrected chi connectivity index (χ1v) is 10.4. The molecule has 152 valence electrons. The van der Waals surface area contributed by atoms with Gasteiger partial charge in [-0.3, -0.25) is 13.8 Å². The Labute approximate surface area is 171 Å². The van der Waals surface area contributed by atoms with Gasteiger partial charge in [0.05, 0.1) is 13.2 Å². The van der Waals surface area contributed by atoms with E-state index in [1.807, 2.05) is 30.3 Å². The van der Waals surface area contributed by atoms with Crippen LogP contribution in [0.5, 0.6) is 5.75 Å². The standard InChI is InChI=1S/C22H24NO5P/c1-4-15-26-29(25,27-16-5-2)28-21-13-11-19(12-14-21)17-18(3)22(24)23-20-9-7-6-8-10-20/h4-14,17H,1-2,15-16H2,3H3,(H,23,24)/b18-17+. The minimum atomic E-state index is -3.79. The zero-order chi connectivity index (χ0) is 21.1.